The van der Waals surface area contributed by atoms with Gasteiger partial charge in [0.05, 0.1) is 17.7 Å². The number of rotatable bonds is 4. The van der Waals surface area contributed by atoms with E-state index in [-0.39, 0.29) is 18.2 Å². The van der Waals surface area contributed by atoms with Gasteiger partial charge in [0.2, 0.25) is 5.54 Å². The standard InChI is InChI=1S/C20H19ClN6O2/c1-10-7-8-12(21)11(2)15(10)27-17(28)16-20(18(22)29,24-9-23-16)19-25-13-5-3-4-6-14(13)26-19/h3-8,24H,9H2,1-2H3,(H2,22,29)(H,25,26)(H,27,28). The van der Waals surface area contributed by atoms with Gasteiger partial charge in [0.15, 0.2) is 0 Å². The SMILES string of the molecule is Cc1ccc(Cl)c(C)c1NC(=O)C1=NCNC1(C(N)=O)c1nc2ccccc2[nH]1. The van der Waals surface area contributed by atoms with Crippen LogP contribution in [0.1, 0.15) is 17.0 Å². The summed E-state index contributed by atoms with van der Waals surface area (Å²) in [5.74, 6) is -1.11. The minimum atomic E-state index is -1.66. The number of primary amides is 1. The Bertz CT molecular complexity index is 1150. The van der Waals surface area contributed by atoms with E-state index in [0.717, 1.165) is 16.6 Å². The number of benzene rings is 2. The van der Waals surface area contributed by atoms with E-state index in [0.29, 0.717) is 16.2 Å². The van der Waals surface area contributed by atoms with Crippen molar-refractivity contribution in [3.05, 3.63) is 58.4 Å². The van der Waals surface area contributed by atoms with Crippen LogP contribution in [0.5, 0.6) is 0 Å². The van der Waals surface area contributed by atoms with Gasteiger partial charge in [-0.3, -0.25) is 19.9 Å². The van der Waals surface area contributed by atoms with Gasteiger partial charge in [-0.1, -0.05) is 29.8 Å². The van der Waals surface area contributed by atoms with Crippen LogP contribution in [-0.4, -0.2) is 34.2 Å². The number of aliphatic imine (C=N–C) groups is 1. The summed E-state index contributed by atoms with van der Waals surface area (Å²) in [5.41, 5.74) is 7.53. The molecule has 1 unspecified atom stereocenters. The lowest BCUT2D eigenvalue weighted by molar-refractivity contribution is -0.123. The molecular formula is C20H19ClN6O2. The first-order chi connectivity index (χ1) is 13.8. The van der Waals surface area contributed by atoms with Gasteiger partial charge in [0, 0.05) is 10.7 Å². The Morgan fingerprint density at radius 2 is 1.97 bits per heavy atom. The Labute approximate surface area is 171 Å². The van der Waals surface area contributed by atoms with Crippen LogP contribution in [0.2, 0.25) is 5.02 Å². The molecule has 1 aliphatic heterocycles. The average Bonchev–Trinajstić information content (AvgIpc) is 3.32. The summed E-state index contributed by atoms with van der Waals surface area (Å²) in [6, 6.07) is 10.9. The van der Waals surface area contributed by atoms with Gasteiger partial charge in [0.25, 0.3) is 11.8 Å². The number of H-pyrrole nitrogens is 1. The molecule has 8 nitrogen and oxygen atoms in total. The number of hydrogen-bond donors (Lipinski definition) is 4. The number of carbonyl (C=O) groups excluding carboxylic acids is 2. The zero-order valence-electron chi connectivity index (χ0n) is 15.8. The van der Waals surface area contributed by atoms with Gasteiger partial charge in [-0.05, 0) is 43.2 Å². The normalized spacial score (nSPS) is 18.7. The van der Waals surface area contributed by atoms with Crippen LogP contribution in [0, 0.1) is 13.8 Å². The van der Waals surface area contributed by atoms with Gasteiger partial charge in [-0.25, -0.2) is 4.98 Å². The van der Waals surface area contributed by atoms with Gasteiger partial charge in [-0.15, -0.1) is 0 Å². The van der Waals surface area contributed by atoms with E-state index in [1.54, 1.807) is 25.1 Å². The number of nitrogens with zero attached hydrogens (tertiary/aromatic N) is 2. The second kappa shape index (κ2) is 6.98. The lowest BCUT2D eigenvalue weighted by Crippen LogP contribution is -2.58. The lowest BCUT2D eigenvalue weighted by Gasteiger charge is -2.25. The van der Waals surface area contributed by atoms with E-state index in [1.165, 1.54) is 0 Å². The van der Waals surface area contributed by atoms with Crippen molar-refractivity contribution in [3.8, 4) is 0 Å². The third-order valence-corrected chi connectivity index (χ3v) is 5.52. The van der Waals surface area contributed by atoms with Crippen LogP contribution >= 0.6 is 11.6 Å². The monoisotopic (exact) mass is 410 g/mol. The third kappa shape index (κ3) is 2.97. The lowest BCUT2D eigenvalue weighted by atomic mass is 9.91. The quantitative estimate of drug-likeness (QED) is 0.525. The predicted molar refractivity (Wildman–Crippen MR) is 112 cm³/mol. The Balaban J connectivity index is 1.77. The Kier molecular flexibility index (Phi) is 4.60. The smallest absolute Gasteiger partial charge is 0.272 e. The molecule has 29 heavy (non-hydrogen) atoms. The highest BCUT2D eigenvalue weighted by Gasteiger charge is 2.52. The van der Waals surface area contributed by atoms with Gasteiger partial charge >= 0.3 is 0 Å². The number of carbonyl (C=O) groups is 2. The predicted octanol–water partition coefficient (Wildman–Crippen LogP) is 2.15. The number of halogens is 1. The number of aromatic nitrogens is 2. The Morgan fingerprint density at radius 3 is 2.69 bits per heavy atom. The van der Waals surface area contributed by atoms with E-state index < -0.39 is 17.4 Å². The Morgan fingerprint density at radius 1 is 1.21 bits per heavy atom. The molecule has 0 aliphatic carbocycles. The highest BCUT2D eigenvalue weighted by Crippen LogP contribution is 2.30. The molecule has 2 aromatic carbocycles. The van der Waals surface area contributed by atoms with Crippen molar-refractivity contribution in [1.29, 1.82) is 0 Å². The second-order valence-electron chi connectivity index (χ2n) is 6.88. The summed E-state index contributed by atoms with van der Waals surface area (Å²) >= 11 is 6.19. The summed E-state index contributed by atoms with van der Waals surface area (Å²) in [7, 11) is 0. The number of nitrogens with one attached hydrogen (secondary N) is 3. The number of hydrogen-bond acceptors (Lipinski definition) is 5. The molecule has 1 atom stereocenters. The van der Waals surface area contributed by atoms with E-state index in [2.05, 4.69) is 25.6 Å². The molecular weight excluding hydrogens is 392 g/mol. The molecule has 148 valence electrons. The zero-order chi connectivity index (χ0) is 20.8. The topological polar surface area (TPSA) is 125 Å². The zero-order valence-corrected chi connectivity index (χ0v) is 16.6. The average molecular weight is 411 g/mol. The number of aryl methyl sites for hydroxylation is 1. The van der Waals surface area contributed by atoms with E-state index in [4.69, 9.17) is 17.3 Å². The Hall–Kier alpha value is -3.23. The molecule has 2 heterocycles. The molecule has 2 amide bonds. The first-order valence-electron chi connectivity index (χ1n) is 8.96. The van der Waals surface area contributed by atoms with E-state index >= 15 is 0 Å². The highest BCUT2D eigenvalue weighted by atomic mass is 35.5. The fourth-order valence-corrected chi connectivity index (χ4v) is 3.67. The summed E-state index contributed by atoms with van der Waals surface area (Å²) in [6.07, 6.45) is 0. The van der Waals surface area contributed by atoms with Crippen LogP contribution in [0.25, 0.3) is 11.0 Å². The molecule has 1 aromatic heterocycles. The van der Waals surface area contributed by atoms with Crippen molar-refractivity contribution in [2.75, 3.05) is 12.0 Å². The molecule has 0 saturated carbocycles. The molecule has 0 fully saturated rings. The maximum atomic E-state index is 13.2. The van der Waals surface area contributed by atoms with Crippen LogP contribution in [0.15, 0.2) is 41.4 Å². The number of fused-ring (bicyclic) bond motifs is 1. The summed E-state index contributed by atoms with van der Waals surface area (Å²) in [6.45, 7) is 3.71. The number of amides is 2. The summed E-state index contributed by atoms with van der Waals surface area (Å²) < 4.78 is 0. The van der Waals surface area contributed by atoms with E-state index in [9.17, 15) is 9.59 Å². The summed E-state index contributed by atoms with van der Waals surface area (Å²) in [4.78, 5) is 37.5. The number of anilines is 1. The minimum Gasteiger partial charge on any atom is -0.367 e. The molecule has 9 heteroatoms. The van der Waals surface area contributed by atoms with E-state index in [1.807, 2.05) is 25.1 Å². The fraction of sp³-hybridized carbons (Fsp3) is 0.200. The largest absolute Gasteiger partial charge is 0.367 e. The first kappa shape index (κ1) is 19.1. The van der Waals surface area contributed by atoms with Gasteiger partial charge in [-0.2, -0.15) is 0 Å². The van der Waals surface area contributed by atoms with Gasteiger partial charge in [0.1, 0.15) is 11.5 Å². The molecule has 0 saturated heterocycles. The molecule has 0 radical (unpaired) electrons. The van der Waals surface area contributed by atoms with Crippen LogP contribution in [0.4, 0.5) is 5.69 Å². The second-order valence-corrected chi connectivity index (χ2v) is 7.28. The first-order valence-corrected chi connectivity index (χ1v) is 9.34. The van der Waals surface area contributed by atoms with Crippen molar-refractivity contribution in [2.24, 2.45) is 10.7 Å². The third-order valence-electron chi connectivity index (χ3n) is 5.11. The molecule has 4 rings (SSSR count). The van der Waals surface area contributed by atoms with Crippen LogP contribution in [-0.2, 0) is 15.1 Å². The molecule has 0 bridgehead atoms. The number of imidazole rings is 1. The molecule has 5 N–H and O–H groups in total. The maximum Gasteiger partial charge on any atom is 0.272 e. The van der Waals surface area contributed by atoms with Crippen molar-refractivity contribution >= 4 is 45.8 Å². The number of para-hydroxylation sites is 2. The van der Waals surface area contributed by atoms with Crippen LogP contribution < -0.4 is 16.4 Å². The number of nitrogens with two attached hydrogens (primary N) is 1. The highest BCUT2D eigenvalue weighted by molar-refractivity contribution is 6.50. The van der Waals surface area contributed by atoms with Crippen molar-refractivity contribution < 1.29 is 9.59 Å². The van der Waals surface area contributed by atoms with Crippen molar-refractivity contribution in [2.45, 2.75) is 19.4 Å². The minimum absolute atomic E-state index is 0.0518. The molecule has 1 aliphatic rings. The van der Waals surface area contributed by atoms with Crippen molar-refractivity contribution in [1.82, 2.24) is 15.3 Å². The summed E-state index contributed by atoms with van der Waals surface area (Å²) in [5, 5.41) is 6.30. The maximum absolute atomic E-state index is 13.2. The fourth-order valence-electron chi connectivity index (χ4n) is 3.52. The molecule has 3 aromatic rings. The number of aromatic amines is 1. The van der Waals surface area contributed by atoms with Crippen LogP contribution in [0.3, 0.4) is 0 Å². The van der Waals surface area contributed by atoms with Crippen molar-refractivity contribution in [3.63, 3.8) is 0 Å². The molecule has 0 spiro atoms. The van der Waals surface area contributed by atoms with Gasteiger partial charge < -0.3 is 16.0 Å².